The highest BCUT2D eigenvalue weighted by Gasteiger charge is 2.33. The zero-order valence-corrected chi connectivity index (χ0v) is 17.2. The van der Waals surface area contributed by atoms with Gasteiger partial charge in [0.2, 0.25) is 0 Å². The van der Waals surface area contributed by atoms with Gasteiger partial charge < -0.3 is 20.7 Å². The molecule has 2 aromatic carbocycles. The maximum Gasteiger partial charge on any atom is 0.417 e. The topological polar surface area (TPSA) is 92.4 Å². The van der Waals surface area contributed by atoms with Gasteiger partial charge in [-0.15, -0.1) is 0 Å². The minimum atomic E-state index is -4.64. The summed E-state index contributed by atoms with van der Waals surface area (Å²) in [4.78, 5) is 27.6. The summed E-state index contributed by atoms with van der Waals surface area (Å²) in [5.74, 6) is 0.524. The lowest BCUT2D eigenvalue weighted by Crippen LogP contribution is -2.19. The summed E-state index contributed by atoms with van der Waals surface area (Å²) in [6, 6.07) is 11.7. The van der Waals surface area contributed by atoms with Gasteiger partial charge in [-0.3, -0.25) is 4.79 Å². The monoisotopic (exact) mass is 464 g/mol. The zero-order chi connectivity index (χ0) is 23.3. The Morgan fingerprint density at radius 1 is 0.938 bits per heavy atom. The van der Waals surface area contributed by atoms with E-state index in [1.165, 1.54) is 25.4 Å². The van der Waals surface area contributed by atoms with Crippen LogP contribution < -0.4 is 20.7 Å². The van der Waals surface area contributed by atoms with Crippen LogP contribution in [-0.2, 0) is 6.18 Å². The first-order valence-electron chi connectivity index (χ1n) is 9.06. The predicted molar refractivity (Wildman–Crippen MR) is 113 cm³/mol. The highest BCUT2D eigenvalue weighted by atomic mass is 35.5. The van der Waals surface area contributed by atoms with Crippen molar-refractivity contribution in [1.82, 2.24) is 10.3 Å². The van der Waals surface area contributed by atoms with E-state index in [1.807, 2.05) is 0 Å². The molecule has 0 atom stereocenters. The van der Waals surface area contributed by atoms with Crippen molar-refractivity contribution in [1.29, 1.82) is 0 Å². The summed E-state index contributed by atoms with van der Waals surface area (Å²) in [6.45, 7) is 0. The average molecular weight is 465 g/mol. The number of anilines is 2. The van der Waals surface area contributed by atoms with E-state index in [0.29, 0.717) is 17.2 Å². The molecule has 1 heterocycles. The van der Waals surface area contributed by atoms with Gasteiger partial charge in [-0.25, -0.2) is 9.78 Å². The van der Waals surface area contributed by atoms with Crippen LogP contribution in [0.3, 0.4) is 0 Å². The van der Waals surface area contributed by atoms with Gasteiger partial charge in [0.15, 0.2) is 0 Å². The Labute approximate surface area is 185 Å². The minimum Gasteiger partial charge on any atom is -0.456 e. The third kappa shape index (κ3) is 5.88. The number of hydrogen-bond donors (Lipinski definition) is 3. The Balaban J connectivity index is 1.60. The summed E-state index contributed by atoms with van der Waals surface area (Å²) in [5.41, 5.74) is -0.482. The van der Waals surface area contributed by atoms with Crippen molar-refractivity contribution in [3.63, 3.8) is 0 Å². The van der Waals surface area contributed by atoms with Crippen molar-refractivity contribution < 1.29 is 27.5 Å². The first-order valence-corrected chi connectivity index (χ1v) is 9.44. The molecule has 3 amide bonds. The van der Waals surface area contributed by atoms with Gasteiger partial charge in [-0.2, -0.15) is 13.2 Å². The second-order valence-electron chi connectivity index (χ2n) is 6.36. The quantitative estimate of drug-likeness (QED) is 0.461. The summed E-state index contributed by atoms with van der Waals surface area (Å²) >= 11 is 5.57. The van der Waals surface area contributed by atoms with E-state index < -0.39 is 22.8 Å². The second kappa shape index (κ2) is 9.56. The van der Waals surface area contributed by atoms with E-state index in [2.05, 4.69) is 20.9 Å². The minimum absolute atomic E-state index is 0.0631. The first kappa shape index (κ1) is 22.9. The Kier molecular flexibility index (Phi) is 6.84. The van der Waals surface area contributed by atoms with Crippen LogP contribution in [0.15, 0.2) is 60.8 Å². The van der Waals surface area contributed by atoms with Crippen molar-refractivity contribution in [2.24, 2.45) is 0 Å². The van der Waals surface area contributed by atoms with Crippen LogP contribution in [-0.4, -0.2) is 24.0 Å². The van der Waals surface area contributed by atoms with Crippen LogP contribution in [0.1, 0.15) is 16.1 Å². The number of hydrogen-bond acceptors (Lipinski definition) is 4. The van der Waals surface area contributed by atoms with E-state index in [4.69, 9.17) is 16.3 Å². The number of rotatable bonds is 5. The standard InChI is InChI=1S/C21H16ClF3N4O3/c1-26-19(30)18-9-7-15(11-27-18)32-14-5-2-12(3-6-14)28-20(31)29-13-4-8-17(22)16(10-13)21(23,24)25/h2-11H,1H3,(H,26,30)(H2,28,29,31). The number of alkyl halides is 3. The molecule has 166 valence electrons. The number of ether oxygens (including phenoxy) is 1. The number of urea groups is 1. The smallest absolute Gasteiger partial charge is 0.417 e. The summed E-state index contributed by atoms with van der Waals surface area (Å²) in [5, 5.41) is 6.83. The van der Waals surface area contributed by atoms with E-state index in [-0.39, 0.29) is 17.3 Å². The molecule has 0 spiro atoms. The molecule has 0 unspecified atom stereocenters. The van der Waals surface area contributed by atoms with Gasteiger partial charge in [-0.1, -0.05) is 11.6 Å². The van der Waals surface area contributed by atoms with Crippen LogP contribution in [0.4, 0.5) is 29.3 Å². The van der Waals surface area contributed by atoms with Gasteiger partial charge >= 0.3 is 12.2 Å². The lowest BCUT2D eigenvalue weighted by molar-refractivity contribution is -0.137. The molecular formula is C21H16ClF3N4O3. The van der Waals surface area contributed by atoms with Crippen LogP contribution in [0.5, 0.6) is 11.5 Å². The number of pyridine rings is 1. The zero-order valence-electron chi connectivity index (χ0n) is 16.5. The lowest BCUT2D eigenvalue weighted by Gasteiger charge is -2.12. The SMILES string of the molecule is CNC(=O)c1ccc(Oc2ccc(NC(=O)Nc3ccc(Cl)c(C(F)(F)F)c3)cc2)cn1. The summed E-state index contributed by atoms with van der Waals surface area (Å²) in [6.07, 6.45) is -3.25. The number of halogens is 4. The molecule has 3 rings (SSSR count). The highest BCUT2D eigenvalue weighted by molar-refractivity contribution is 6.31. The largest absolute Gasteiger partial charge is 0.456 e. The van der Waals surface area contributed by atoms with Crippen molar-refractivity contribution >= 4 is 34.9 Å². The van der Waals surface area contributed by atoms with E-state index >= 15 is 0 Å². The Bertz CT molecular complexity index is 1120. The number of nitrogens with zero attached hydrogens (tertiary/aromatic N) is 1. The fourth-order valence-corrected chi connectivity index (χ4v) is 2.78. The van der Waals surface area contributed by atoms with Crippen LogP contribution >= 0.6 is 11.6 Å². The van der Waals surface area contributed by atoms with Gasteiger partial charge in [0.05, 0.1) is 16.8 Å². The maximum absolute atomic E-state index is 12.9. The van der Waals surface area contributed by atoms with E-state index in [9.17, 15) is 22.8 Å². The maximum atomic E-state index is 12.9. The molecule has 0 fully saturated rings. The molecule has 11 heteroatoms. The van der Waals surface area contributed by atoms with Crippen LogP contribution in [0.2, 0.25) is 5.02 Å². The Morgan fingerprint density at radius 3 is 2.16 bits per heavy atom. The van der Waals surface area contributed by atoms with Crippen LogP contribution in [0.25, 0.3) is 0 Å². The Hall–Kier alpha value is -3.79. The molecule has 3 aromatic rings. The number of benzene rings is 2. The average Bonchev–Trinajstić information content (AvgIpc) is 2.75. The predicted octanol–water partition coefficient (Wildman–Crippen LogP) is 5.55. The molecule has 32 heavy (non-hydrogen) atoms. The molecule has 0 saturated carbocycles. The van der Waals surface area contributed by atoms with Crippen molar-refractivity contribution in [3.8, 4) is 11.5 Å². The fraction of sp³-hybridized carbons (Fsp3) is 0.0952. The van der Waals surface area contributed by atoms with Gasteiger partial charge in [-0.05, 0) is 54.6 Å². The second-order valence-corrected chi connectivity index (χ2v) is 6.76. The van der Waals surface area contributed by atoms with Crippen molar-refractivity contribution in [3.05, 3.63) is 77.1 Å². The number of amides is 3. The molecule has 0 radical (unpaired) electrons. The number of carbonyl (C=O) groups is 2. The molecular weight excluding hydrogens is 449 g/mol. The van der Waals surface area contributed by atoms with E-state index in [1.54, 1.807) is 30.3 Å². The number of carbonyl (C=O) groups excluding carboxylic acids is 2. The molecule has 0 aliphatic rings. The van der Waals surface area contributed by atoms with E-state index in [0.717, 1.165) is 12.1 Å². The Morgan fingerprint density at radius 2 is 1.56 bits per heavy atom. The van der Waals surface area contributed by atoms with Crippen molar-refractivity contribution in [2.75, 3.05) is 17.7 Å². The third-order valence-electron chi connectivity index (χ3n) is 4.07. The molecule has 0 aliphatic heterocycles. The summed E-state index contributed by atoms with van der Waals surface area (Å²) < 4.78 is 44.4. The third-order valence-corrected chi connectivity index (χ3v) is 4.40. The molecule has 1 aromatic heterocycles. The summed E-state index contributed by atoms with van der Waals surface area (Å²) in [7, 11) is 1.50. The van der Waals surface area contributed by atoms with Crippen molar-refractivity contribution in [2.45, 2.75) is 6.18 Å². The molecule has 7 nitrogen and oxygen atoms in total. The highest BCUT2D eigenvalue weighted by Crippen LogP contribution is 2.36. The van der Waals surface area contributed by atoms with Gasteiger partial charge in [0.1, 0.15) is 17.2 Å². The first-order chi connectivity index (χ1) is 15.2. The fourth-order valence-electron chi connectivity index (χ4n) is 2.56. The normalized spacial score (nSPS) is 10.9. The molecule has 0 saturated heterocycles. The van der Waals surface area contributed by atoms with Crippen LogP contribution in [0, 0.1) is 0 Å². The molecule has 3 N–H and O–H groups in total. The molecule has 0 aliphatic carbocycles. The van der Waals surface area contributed by atoms with Gasteiger partial charge in [0, 0.05) is 18.4 Å². The lowest BCUT2D eigenvalue weighted by atomic mass is 10.2. The number of aromatic nitrogens is 1. The number of nitrogens with one attached hydrogen (secondary N) is 3. The molecule has 0 bridgehead atoms. The van der Waals surface area contributed by atoms with Gasteiger partial charge in [0.25, 0.3) is 5.91 Å².